The van der Waals surface area contributed by atoms with Gasteiger partial charge in [-0.25, -0.2) is 4.79 Å². The molecular formula is C14H11ClO3S. The molecule has 0 unspecified atom stereocenters. The Hall–Kier alpha value is -1.52. The summed E-state index contributed by atoms with van der Waals surface area (Å²) in [5, 5.41) is 2.40. The van der Waals surface area contributed by atoms with E-state index in [4.69, 9.17) is 21.1 Å². The van der Waals surface area contributed by atoms with Gasteiger partial charge < -0.3 is 9.47 Å². The van der Waals surface area contributed by atoms with Crippen LogP contribution in [0, 0.1) is 0 Å². The largest absolute Gasteiger partial charge is 0.493 e. The second-order valence-corrected chi connectivity index (χ2v) is 5.58. The summed E-state index contributed by atoms with van der Waals surface area (Å²) < 4.78 is 10.5. The number of fused-ring (bicyclic) bond motifs is 3. The molecule has 0 spiro atoms. The molecule has 2 heterocycles. The van der Waals surface area contributed by atoms with Crippen LogP contribution < -0.4 is 4.74 Å². The Morgan fingerprint density at radius 2 is 2.26 bits per heavy atom. The molecule has 98 valence electrons. The maximum Gasteiger partial charge on any atom is 0.339 e. The number of esters is 1. The van der Waals surface area contributed by atoms with E-state index in [0.717, 1.165) is 23.3 Å². The average Bonchev–Trinajstić information content (AvgIpc) is 2.80. The fraction of sp³-hybridized carbons (Fsp3) is 0.214. The average molecular weight is 295 g/mol. The fourth-order valence-corrected chi connectivity index (χ4v) is 3.28. The summed E-state index contributed by atoms with van der Waals surface area (Å²) in [5.74, 6) is 0.281. The number of carbonyl (C=O) groups is 1. The van der Waals surface area contributed by atoms with Crippen molar-refractivity contribution >= 4 is 28.9 Å². The first-order chi connectivity index (χ1) is 9.20. The quantitative estimate of drug-likeness (QED) is 0.751. The van der Waals surface area contributed by atoms with Crippen molar-refractivity contribution in [3.05, 3.63) is 39.0 Å². The molecule has 19 heavy (non-hydrogen) atoms. The standard InChI is InChI=1S/C14H11ClO3S/c1-17-14(16)10-6-9-8-3-5-19-13(8)2-4-18-12(9)7-11(10)15/h3,5-7H,2,4H2,1H3. The van der Waals surface area contributed by atoms with Crippen LogP contribution in [-0.4, -0.2) is 19.7 Å². The van der Waals surface area contributed by atoms with Crippen molar-refractivity contribution in [2.45, 2.75) is 6.42 Å². The first-order valence-corrected chi connectivity index (χ1v) is 7.08. The Balaban J connectivity index is 2.21. The monoisotopic (exact) mass is 294 g/mol. The van der Waals surface area contributed by atoms with Gasteiger partial charge in [-0.2, -0.15) is 0 Å². The zero-order chi connectivity index (χ0) is 13.4. The Morgan fingerprint density at radius 3 is 3.05 bits per heavy atom. The summed E-state index contributed by atoms with van der Waals surface area (Å²) in [4.78, 5) is 13.0. The molecule has 0 radical (unpaired) electrons. The van der Waals surface area contributed by atoms with Crippen molar-refractivity contribution in [3.63, 3.8) is 0 Å². The van der Waals surface area contributed by atoms with Crippen LogP contribution in [0.1, 0.15) is 15.2 Å². The molecule has 0 aliphatic carbocycles. The van der Waals surface area contributed by atoms with E-state index in [9.17, 15) is 4.79 Å². The zero-order valence-corrected chi connectivity index (χ0v) is 11.8. The summed E-state index contributed by atoms with van der Waals surface area (Å²) in [5.41, 5.74) is 2.38. The molecule has 1 aromatic carbocycles. The molecule has 1 aliphatic heterocycles. The van der Waals surface area contributed by atoms with E-state index < -0.39 is 5.97 Å². The minimum Gasteiger partial charge on any atom is -0.493 e. The highest BCUT2D eigenvalue weighted by atomic mass is 35.5. The van der Waals surface area contributed by atoms with E-state index >= 15 is 0 Å². The Labute approximate surface area is 119 Å². The van der Waals surface area contributed by atoms with Crippen LogP contribution in [0.4, 0.5) is 0 Å². The van der Waals surface area contributed by atoms with Crippen molar-refractivity contribution in [1.82, 2.24) is 0 Å². The minimum absolute atomic E-state index is 0.351. The lowest BCUT2D eigenvalue weighted by atomic mass is 10.0. The van der Waals surface area contributed by atoms with Gasteiger partial charge in [0.15, 0.2) is 0 Å². The second kappa shape index (κ2) is 4.87. The van der Waals surface area contributed by atoms with Crippen molar-refractivity contribution in [2.24, 2.45) is 0 Å². The fourth-order valence-electron chi connectivity index (χ4n) is 2.18. The van der Waals surface area contributed by atoms with Crippen LogP contribution in [0.15, 0.2) is 23.6 Å². The summed E-state index contributed by atoms with van der Waals surface area (Å²) >= 11 is 7.81. The number of thiophene rings is 1. The predicted molar refractivity (Wildman–Crippen MR) is 75.3 cm³/mol. The molecular weight excluding hydrogens is 284 g/mol. The molecule has 0 saturated heterocycles. The zero-order valence-electron chi connectivity index (χ0n) is 10.2. The van der Waals surface area contributed by atoms with Gasteiger partial charge in [0.1, 0.15) is 5.75 Å². The number of ether oxygens (including phenoxy) is 2. The Morgan fingerprint density at radius 1 is 1.42 bits per heavy atom. The molecule has 1 aromatic heterocycles. The molecule has 1 aliphatic rings. The summed E-state index contributed by atoms with van der Waals surface area (Å²) in [6, 6.07) is 5.48. The van der Waals surface area contributed by atoms with Gasteiger partial charge >= 0.3 is 5.97 Å². The Bertz CT molecular complexity index is 648. The third-order valence-corrected chi connectivity index (χ3v) is 4.39. The number of rotatable bonds is 1. The molecule has 0 fully saturated rings. The van der Waals surface area contributed by atoms with Crippen LogP contribution in [0.2, 0.25) is 5.02 Å². The molecule has 0 atom stereocenters. The lowest BCUT2D eigenvalue weighted by molar-refractivity contribution is 0.0601. The van der Waals surface area contributed by atoms with Crippen LogP contribution in [0.3, 0.4) is 0 Å². The lowest BCUT2D eigenvalue weighted by Gasteiger charge is -2.10. The van der Waals surface area contributed by atoms with Crippen molar-refractivity contribution in [1.29, 1.82) is 0 Å². The molecule has 0 amide bonds. The van der Waals surface area contributed by atoms with Gasteiger partial charge in [-0.3, -0.25) is 0 Å². The van der Waals surface area contributed by atoms with Crippen LogP contribution in [-0.2, 0) is 11.2 Å². The minimum atomic E-state index is -0.436. The van der Waals surface area contributed by atoms with Crippen LogP contribution in [0.5, 0.6) is 5.75 Å². The van der Waals surface area contributed by atoms with Gasteiger partial charge in [0.2, 0.25) is 0 Å². The van der Waals surface area contributed by atoms with Gasteiger partial charge in [0, 0.05) is 22.9 Å². The molecule has 0 bridgehead atoms. The number of carbonyl (C=O) groups excluding carboxylic acids is 1. The van der Waals surface area contributed by atoms with Crippen LogP contribution >= 0.6 is 22.9 Å². The highest BCUT2D eigenvalue weighted by molar-refractivity contribution is 7.10. The van der Waals surface area contributed by atoms with E-state index in [1.807, 2.05) is 11.4 Å². The molecule has 2 aromatic rings. The molecule has 3 nitrogen and oxygen atoms in total. The van der Waals surface area contributed by atoms with Gasteiger partial charge in [-0.15, -0.1) is 11.3 Å². The van der Waals surface area contributed by atoms with Gasteiger partial charge in [0.25, 0.3) is 0 Å². The van der Waals surface area contributed by atoms with Gasteiger partial charge in [0.05, 0.1) is 24.3 Å². The van der Waals surface area contributed by atoms with E-state index in [-0.39, 0.29) is 0 Å². The third-order valence-electron chi connectivity index (χ3n) is 3.10. The molecule has 5 heteroatoms. The molecule has 3 rings (SSSR count). The number of hydrogen-bond donors (Lipinski definition) is 0. The highest BCUT2D eigenvalue weighted by Crippen LogP contribution is 2.40. The number of benzene rings is 1. The SMILES string of the molecule is COC(=O)c1cc2c(cc1Cl)OCCc1sccc1-2. The van der Waals surface area contributed by atoms with Gasteiger partial charge in [-0.1, -0.05) is 11.6 Å². The van der Waals surface area contributed by atoms with Crippen molar-refractivity contribution in [2.75, 3.05) is 13.7 Å². The first kappa shape index (κ1) is 12.5. The second-order valence-electron chi connectivity index (χ2n) is 4.18. The van der Waals surface area contributed by atoms with Crippen LogP contribution in [0.25, 0.3) is 11.1 Å². The maximum atomic E-state index is 11.7. The topological polar surface area (TPSA) is 35.5 Å². The lowest BCUT2D eigenvalue weighted by Crippen LogP contribution is -2.03. The Kier molecular flexibility index (Phi) is 3.21. The maximum absolute atomic E-state index is 11.7. The predicted octanol–water partition coefficient (Wildman–Crippen LogP) is 3.79. The molecule has 0 N–H and O–H groups in total. The van der Waals surface area contributed by atoms with E-state index in [1.54, 1.807) is 23.5 Å². The van der Waals surface area contributed by atoms with Crippen molar-refractivity contribution < 1.29 is 14.3 Å². The van der Waals surface area contributed by atoms with E-state index in [1.165, 1.54) is 12.0 Å². The summed E-state index contributed by atoms with van der Waals surface area (Å²) in [6.45, 7) is 0.619. The summed E-state index contributed by atoms with van der Waals surface area (Å²) in [6.07, 6.45) is 0.868. The first-order valence-electron chi connectivity index (χ1n) is 5.82. The van der Waals surface area contributed by atoms with E-state index in [2.05, 4.69) is 0 Å². The smallest absolute Gasteiger partial charge is 0.339 e. The third kappa shape index (κ3) is 2.11. The van der Waals surface area contributed by atoms with Crippen molar-refractivity contribution in [3.8, 4) is 16.9 Å². The summed E-state index contributed by atoms with van der Waals surface area (Å²) in [7, 11) is 1.34. The normalized spacial score (nSPS) is 12.9. The number of hydrogen-bond acceptors (Lipinski definition) is 4. The number of halogens is 1. The molecule has 0 saturated carbocycles. The van der Waals surface area contributed by atoms with Gasteiger partial charge in [-0.05, 0) is 23.1 Å². The van der Waals surface area contributed by atoms with E-state index in [0.29, 0.717) is 17.2 Å². The number of methoxy groups -OCH3 is 1. The highest BCUT2D eigenvalue weighted by Gasteiger charge is 2.21.